The third-order valence-electron chi connectivity index (χ3n) is 6.86. The van der Waals surface area contributed by atoms with Crippen LogP contribution in [-0.4, -0.2) is 56.0 Å². The predicted octanol–water partition coefficient (Wildman–Crippen LogP) is 3.98. The minimum atomic E-state index is -2.93. The quantitative estimate of drug-likeness (QED) is 0.591. The minimum absolute atomic E-state index is 0.0143. The number of hydrogen-bond donors (Lipinski definition) is 1. The van der Waals surface area contributed by atoms with Crippen LogP contribution >= 0.6 is 0 Å². The van der Waals surface area contributed by atoms with Gasteiger partial charge < -0.3 is 15.0 Å². The summed E-state index contributed by atoms with van der Waals surface area (Å²) in [7, 11) is 0. The Morgan fingerprint density at radius 1 is 1.20 bits per heavy atom. The van der Waals surface area contributed by atoms with E-state index in [-0.39, 0.29) is 17.3 Å². The van der Waals surface area contributed by atoms with Crippen molar-refractivity contribution in [3.8, 4) is 17.3 Å². The zero-order valence-corrected chi connectivity index (χ0v) is 19.5. The van der Waals surface area contributed by atoms with Gasteiger partial charge in [-0.25, -0.2) is 19.9 Å². The topological polar surface area (TPSA) is 93.1 Å². The highest BCUT2D eigenvalue weighted by atomic mass is 19.3. The lowest BCUT2D eigenvalue weighted by molar-refractivity contribution is -0.131. The number of amides is 1. The molecule has 3 aromatic rings. The Hall–Kier alpha value is -3.69. The molecule has 1 saturated heterocycles. The van der Waals surface area contributed by atoms with E-state index in [0.29, 0.717) is 24.5 Å². The van der Waals surface area contributed by atoms with Gasteiger partial charge in [0.15, 0.2) is 5.82 Å². The van der Waals surface area contributed by atoms with Crippen molar-refractivity contribution in [2.75, 3.05) is 18.4 Å². The number of rotatable bonds is 5. The third-order valence-corrected chi connectivity index (χ3v) is 6.86. The van der Waals surface area contributed by atoms with E-state index >= 15 is 0 Å². The Morgan fingerprint density at radius 2 is 2.00 bits per heavy atom. The van der Waals surface area contributed by atoms with Crippen LogP contribution in [0.1, 0.15) is 42.5 Å². The van der Waals surface area contributed by atoms with Crippen LogP contribution in [-0.2, 0) is 11.2 Å². The lowest BCUT2D eigenvalue weighted by Crippen LogP contribution is -2.46. The Balaban J connectivity index is 1.28. The summed E-state index contributed by atoms with van der Waals surface area (Å²) in [6, 6.07) is 6.87. The van der Waals surface area contributed by atoms with Crippen LogP contribution in [0.4, 0.5) is 14.6 Å². The van der Waals surface area contributed by atoms with Gasteiger partial charge in [-0.05, 0) is 56.4 Å². The second kappa shape index (κ2) is 9.16. The second-order valence-electron chi connectivity index (χ2n) is 9.15. The van der Waals surface area contributed by atoms with Crippen molar-refractivity contribution in [3.05, 3.63) is 59.7 Å². The molecule has 0 aliphatic carbocycles. The lowest BCUT2D eigenvalue weighted by atomic mass is 9.86. The Morgan fingerprint density at radius 3 is 2.71 bits per heavy atom. The molecule has 10 heteroatoms. The predicted molar refractivity (Wildman–Crippen MR) is 125 cm³/mol. The van der Waals surface area contributed by atoms with Gasteiger partial charge in [-0.15, -0.1) is 0 Å². The molecule has 35 heavy (non-hydrogen) atoms. The molecule has 3 aromatic heterocycles. The number of hydrogen-bond acceptors (Lipinski definition) is 7. The third kappa shape index (κ3) is 4.65. The molecule has 2 atom stereocenters. The molecular formula is C25H26F2N6O2. The van der Waals surface area contributed by atoms with E-state index in [4.69, 9.17) is 4.98 Å². The first kappa shape index (κ1) is 23.1. The van der Waals surface area contributed by atoms with Crippen LogP contribution < -0.4 is 10.1 Å². The van der Waals surface area contributed by atoms with Crippen LogP contribution in [0.2, 0.25) is 0 Å². The standard InChI is InChI=1S/C25H26F2N6O2/c1-15(18-4-5-20(30-13-18)35-24(26)27)23(34)33-11-8-25(14-33)7-6-17-12-19(16(2)31-21(17)32-25)22-28-9-3-10-29-22/h3-5,9-10,12-13,15,24H,6-8,11,14H2,1-2H3,(H,31,32)/t15-,25+/m1/s1. The van der Waals surface area contributed by atoms with E-state index in [9.17, 15) is 13.6 Å². The van der Waals surface area contributed by atoms with Gasteiger partial charge in [-0.3, -0.25) is 4.79 Å². The number of ether oxygens (including phenoxy) is 1. The van der Waals surface area contributed by atoms with E-state index in [1.807, 2.05) is 11.8 Å². The molecule has 2 aliphatic heterocycles. The maximum absolute atomic E-state index is 13.2. The average Bonchev–Trinajstić information content (AvgIpc) is 3.26. The molecule has 5 rings (SSSR count). The van der Waals surface area contributed by atoms with Crippen molar-refractivity contribution in [2.24, 2.45) is 0 Å². The molecule has 1 N–H and O–H groups in total. The summed E-state index contributed by atoms with van der Waals surface area (Å²) in [4.78, 5) is 32.5. The van der Waals surface area contributed by atoms with E-state index in [2.05, 4.69) is 31.1 Å². The van der Waals surface area contributed by atoms with Gasteiger partial charge in [0.25, 0.3) is 0 Å². The SMILES string of the molecule is Cc1nc2c(cc1-c1ncccn1)CC[C@@]1(CCN(C(=O)[C@H](C)c3ccc(OC(F)F)nc3)C1)N2. The Labute approximate surface area is 201 Å². The van der Waals surface area contributed by atoms with Crippen molar-refractivity contribution in [1.29, 1.82) is 0 Å². The first-order valence-electron chi connectivity index (χ1n) is 11.6. The minimum Gasteiger partial charge on any atom is -0.417 e. The summed E-state index contributed by atoms with van der Waals surface area (Å²) in [6.07, 6.45) is 7.43. The molecule has 0 radical (unpaired) electrons. The van der Waals surface area contributed by atoms with Crippen LogP contribution in [0, 0.1) is 6.92 Å². The molecule has 0 saturated carbocycles. The summed E-state index contributed by atoms with van der Waals surface area (Å²) in [5, 5.41) is 3.64. The zero-order valence-electron chi connectivity index (χ0n) is 19.5. The largest absolute Gasteiger partial charge is 0.417 e. The fourth-order valence-electron chi connectivity index (χ4n) is 4.89. The molecule has 0 bridgehead atoms. The van der Waals surface area contributed by atoms with E-state index in [1.165, 1.54) is 12.3 Å². The molecule has 2 aliphatic rings. The van der Waals surface area contributed by atoms with Crippen LogP contribution in [0.15, 0.2) is 42.9 Å². The lowest BCUT2D eigenvalue weighted by Gasteiger charge is -2.36. The number of nitrogens with zero attached hydrogens (tertiary/aromatic N) is 5. The highest BCUT2D eigenvalue weighted by Gasteiger charge is 2.43. The maximum Gasteiger partial charge on any atom is 0.388 e. The van der Waals surface area contributed by atoms with Gasteiger partial charge in [0.1, 0.15) is 5.82 Å². The van der Waals surface area contributed by atoms with Gasteiger partial charge in [0.2, 0.25) is 11.8 Å². The smallest absolute Gasteiger partial charge is 0.388 e. The van der Waals surface area contributed by atoms with Crippen molar-refractivity contribution in [2.45, 2.75) is 51.2 Å². The number of aryl methyl sites for hydroxylation is 2. The monoisotopic (exact) mass is 480 g/mol. The van der Waals surface area contributed by atoms with Crippen molar-refractivity contribution in [3.63, 3.8) is 0 Å². The van der Waals surface area contributed by atoms with Gasteiger partial charge in [0, 0.05) is 43.3 Å². The molecule has 1 spiro atoms. The number of likely N-dealkylation sites (tertiary alicyclic amines) is 1. The van der Waals surface area contributed by atoms with E-state index < -0.39 is 12.5 Å². The highest BCUT2D eigenvalue weighted by Crippen LogP contribution is 2.38. The number of alkyl halides is 2. The fraction of sp³-hybridized carbons (Fsp3) is 0.400. The summed E-state index contributed by atoms with van der Waals surface area (Å²) >= 11 is 0. The van der Waals surface area contributed by atoms with Crippen LogP contribution in [0.5, 0.6) is 5.88 Å². The van der Waals surface area contributed by atoms with Gasteiger partial charge in [-0.1, -0.05) is 6.07 Å². The molecule has 1 fully saturated rings. The fourth-order valence-corrected chi connectivity index (χ4v) is 4.89. The molecule has 0 aromatic carbocycles. The summed E-state index contributed by atoms with van der Waals surface area (Å²) in [6.45, 7) is 2.05. The normalized spacial score (nSPS) is 20.0. The number of nitrogens with one attached hydrogen (secondary N) is 1. The number of aromatic nitrogens is 4. The van der Waals surface area contributed by atoms with Crippen molar-refractivity contribution in [1.82, 2.24) is 24.8 Å². The van der Waals surface area contributed by atoms with Crippen molar-refractivity contribution < 1.29 is 18.3 Å². The number of carbonyl (C=O) groups excluding carboxylic acids is 1. The Bertz CT molecular complexity index is 1220. The summed E-state index contributed by atoms with van der Waals surface area (Å²) in [5.41, 5.74) is 3.34. The number of carbonyl (C=O) groups is 1. The second-order valence-corrected chi connectivity index (χ2v) is 9.15. The van der Waals surface area contributed by atoms with Gasteiger partial charge in [-0.2, -0.15) is 8.78 Å². The molecule has 5 heterocycles. The van der Waals surface area contributed by atoms with Gasteiger partial charge >= 0.3 is 6.61 Å². The molecular weight excluding hydrogens is 454 g/mol. The van der Waals surface area contributed by atoms with Crippen molar-refractivity contribution >= 4 is 11.7 Å². The van der Waals surface area contributed by atoms with Gasteiger partial charge in [0.05, 0.1) is 17.2 Å². The maximum atomic E-state index is 13.2. The molecule has 0 unspecified atom stereocenters. The van der Waals surface area contributed by atoms with E-state index in [1.54, 1.807) is 31.5 Å². The molecule has 182 valence electrons. The first-order chi connectivity index (χ1) is 16.8. The Kier molecular flexibility index (Phi) is 6.04. The highest BCUT2D eigenvalue weighted by molar-refractivity contribution is 5.84. The molecule has 8 nitrogen and oxygen atoms in total. The van der Waals surface area contributed by atoms with Crippen LogP contribution in [0.3, 0.4) is 0 Å². The summed E-state index contributed by atoms with van der Waals surface area (Å²) < 4.78 is 29.0. The summed E-state index contributed by atoms with van der Waals surface area (Å²) in [5.74, 6) is 0.894. The first-order valence-corrected chi connectivity index (χ1v) is 11.6. The number of pyridine rings is 2. The van der Waals surface area contributed by atoms with Crippen LogP contribution in [0.25, 0.3) is 11.4 Å². The number of fused-ring (bicyclic) bond motifs is 1. The van der Waals surface area contributed by atoms with E-state index in [0.717, 1.165) is 41.9 Å². The number of anilines is 1. The zero-order chi connectivity index (χ0) is 24.6. The molecule has 1 amide bonds. The average molecular weight is 481 g/mol. The number of halogens is 2.